The van der Waals surface area contributed by atoms with Crippen molar-refractivity contribution in [1.29, 1.82) is 0 Å². The molecule has 1 fully saturated rings. The molecule has 112 valence electrons. The third-order valence-electron chi connectivity index (χ3n) is 3.77. The van der Waals surface area contributed by atoms with E-state index in [0.29, 0.717) is 23.6 Å². The molecule has 0 amide bonds. The van der Waals surface area contributed by atoms with Crippen molar-refractivity contribution in [2.45, 2.75) is 50.3 Å². The molecule has 20 heavy (non-hydrogen) atoms. The van der Waals surface area contributed by atoms with Crippen molar-refractivity contribution < 1.29 is 13.2 Å². The molecule has 3 N–H and O–H groups in total. The fourth-order valence-corrected chi connectivity index (χ4v) is 4.11. The number of sulfonamides is 1. The van der Waals surface area contributed by atoms with Gasteiger partial charge in [0.25, 0.3) is 0 Å². The number of hydrogen-bond acceptors (Lipinski definition) is 4. The van der Waals surface area contributed by atoms with E-state index in [1.165, 1.54) is 0 Å². The highest BCUT2D eigenvalue weighted by Gasteiger charge is 2.27. The fraction of sp³-hybridized carbons (Fsp3) is 0.571. The van der Waals surface area contributed by atoms with Crippen molar-refractivity contribution in [2.24, 2.45) is 5.73 Å². The highest BCUT2D eigenvalue weighted by molar-refractivity contribution is 7.89. The Morgan fingerprint density at radius 3 is 2.85 bits per heavy atom. The summed E-state index contributed by atoms with van der Waals surface area (Å²) in [5.41, 5.74) is 7.18. The molecule has 0 spiro atoms. The third-order valence-corrected chi connectivity index (χ3v) is 5.47. The molecule has 0 aromatic heterocycles. The number of nitrogens with one attached hydrogen (secondary N) is 1. The van der Waals surface area contributed by atoms with Gasteiger partial charge in [0, 0.05) is 19.2 Å². The van der Waals surface area contributed by atoms with Gasteiger partial charge in [-0.2, -0.15) is 0 Å². The third kappa shape index (κ3) is 3.20. The van der Waals surface area contributed by atoms with Gasteiger partial charge in [-0.3, -0.25) is 0 Å². The Kier molecular flexibility index (Phi) is 4.80. The molecule has 1 saturated heterocycles. The molecule has 2 unspecified atom stereocenters. The van der Waals surface area contributed by atoms with Crippen LogP contribution in [0.4, 0.5) is 0 Å². The lowest BCUT2D eigenvalue weighted by Gasteiger charge is -2.21. The summed E-state index contributed by atoms with van der Waals surface area (Å²) in [4.78, 5) is 0.297. The zero-order chi connectivity index (χ0) is 14.8. The zero-order valence-electron chi connectivity index (χ0n) is 11.9. The lowest BCUT2D eigenvalue weighted by molar-refractivity contribution is 0.0902. The van der Waals surface area contributed by atoms with Crippen molar-refractivity contribution in [3.05, 3.63) is 29.3 Å². The molecule has 0 bridgehead atoms. The lowest BCUT2D eigenvalue weighted by atomic mass is 10.1. The van der Waals surface area contributed by atoms with E-state index in [0.717, 1.165) is 18.4 Å². The Morgan fingerprint density at radius 1 is 1.50 bits per heavy atom. The highest BCUT2D eigenvalue weighted by atomic mass is 32.2. The SMILES string of the molecule is Cc1c(CN)cccc1S(=O)(=O)NC(C)C1CCCO1. The summed E-state index contributed by atoms with van der Waals surface area (Å²) in [6.45, 7) is 4.66. The molecule has 2 atom stereocenters. The monoisotopic (exact) mass is 298 g/mol. The van der Waals surface area contributed by atoms with Gasteiger partial charge in [-0.15, -0.1) is 0 Å². The van der Waals surface area contributed by atoms with Gasteiger partial charge in [0.2, 0.25) is 10.0 Å². The topological polar surface area (TPSA) is 81.4 Å². The molecule has 1 aromatic rings. The summed E-state index contributed by atoms with van der Waals surface area (Å²) in [6.07, 6.45) is 1.84. The Morgan fingerprint density at radius 2 is 2.25 bits per heavy atom. The van der Waals surface area contributed by atoms with E-state index < -0.39 is 10.0 Å². The van der Waals surface area contributed by atoms with Crippen LogP contribution in [-0.2, 0) is 21.3 Å². The molecular formula is C14H22N2O3S. The van der Waals surface area contributed by atoms with Crippen molar-refractivity contribution in [1.82, 2.24) is 4.72 Å². The molecule has 2 rings (SSSR count). The van der Waals surface area contributed by atoms with Crippen LogP contribution in [0.15, 0.2) is 23.1 Å². The van der Waals surface area contributed by atoms with Crippen LogP contribution in [0.5, 0.6) is 0 Å². The lowest BCUT2D eigenvalue weighted by Crippen LogP contribution is -2.41. The van der Waals surface area contributed by atoms with E-state index in [2.05, 4.69) is 4.72 Å². The molecule has 0 radical (unpaired) electrons. The van der Waals surface area contributed by atoms with Crippen LogP contribution < -0.4 is 10.5 Å². The number of ether oxygens (including phenoxy) is 1. The van der Waals surface area contributed by atoms with Gasteiger partial charge < -0.3 is 10.5 Å². The predicted molar refractivity (Wildman–Crippen MR) is 77.8 cm³/mol. The maximum Gasteiger partial charge on any atom is 0.241 e. The van der Waals surface area contributed by atoms with Crippen molar-refractivity contribution >= 4 is 10.0 Å². The van der Waals surface area contributed by atoms with E-state index in [1.54, 1.807) is 19.1 Å². The standard InChI is InChI=1S/C14H22N2O3S/c1-10-12(9-15)5-3-7-14(10)20(17,18)16-11(2)13-6-4-8-19-13/h3,5,7,11,13,16H,4,6,8-9,15H2,1-2H3. The minimum Gasteiger partial charge on any atom is -0.377 e. The molecular weight excluding hydrogens is 276 g/mol. The first-order chi connectivity index (χ1) is 9.45. The Hall–Kier alpha value is -0.950. The zero-order valence-corrected chi connectivity index (χ0v) is 12.7. The first kappa shape index (κ1) is 15.4. The van der Waals surface area contributed by atoms with Gasteiger partial charge in [0.05, 0.1) is 11.0 Å². The van der Waals surface area contributed by atoms with Crippen LogP contribution in [0.2, 0.25) is 0 Å². The number of rotatable bonds is 5. The van der Waals surface area contributed by atoms with Crippen LogP contribution in [0, 0.1) is 6.92 Å². The van der Waals surface area contributed by atoms with E-state index in [9.17, 15) is 8.42 Å². The summed E-state index contributed by atoms with van der Waals surface area (Å²) in [7, 11) is -3.55. The Bertz CT molecular complexity index is 566. The van der Waals surface area contributed by atoms with E-state index >= 15 is 0 Å². The predicted octanol–water partition coefficient (Wildman–Crippen LogP) is 1.30. The van der Waals surface area contributed by atoms with Gasteiger partial charge in [0.15, 0.2) is 0 Å². The van der Waals surface area contributed by atoms with E-state index in [4.69, 9.17) is 10.5 Å². The van der Waals surface area contributed by atoms with Gasteiger partial charge in [-0.05, 0) is 43.9 Å². The summed E-state index contributed by atoms with van der Waals surface area (Å²) < 4.78 is 33.2. The molecule has 5 nitrogen and oxygen atoms in total. The maximum absolute atomic E-state index is 12.5. The van der Waals surface area contributed by atoms with Crippen LogP contribution in [0.1, 0.15) is 30.9 Å². The van der Waals surface area contributed by atoms with Gasteiger partial charge in [-0.25, -0.2) is 13.1 Å². The Labute approximate surface area is 120 Å². The smallest absolute Gasteiger partial charge is 0.241 e. The second-order valence-corrected chi connectivity index (χ2v) is 6.89. The highest BCUT2D eigenvalue weighted by Crippen LogP contribution is 2.21. The normalized spacial score (nSPS) is 21.1. The van der Waals surface area contributed by atoms with Crippen molar-refractivity contribution in [3.63, 3.8) is 0 Å². The van der Waals surface area contributed by atoms with Crippen LogP contribution >= 0.6 is 0 Å². The second-order valence-electron chi connectivity index (χ2n) is 5.21. The first-order valence-electron chi connectivity index (χ1n) is 6.88. The fourth-order valence-electron chi connectivity index (χ4n) is 2.55. The van der Waals surface area contributed by atoms with Gasteiger partial charge in [-0.1, -0.05) is 12.1 Å². The molecule has 1 aliphatic heterocycles. The van der Waals surface area contributed by atoms with Crippen molar-refractivity contribution in [3.8, 4) is 0 Å². The average Bonchev–Trinajstić information content (AvgIpc) is 2.92. The van der Waals surface area contributed by atoms with Gasteiger partial charge in [0.1, 0.15) is 0 Å². The summed E-state index contributed by atoms with van der Waals surface area (Å²) in [5.74, 6) is 0. The molecule has 0 aliphatic carbocycles. The van der Waals surface area contributed by atoms with E-state index in [-0.39, 0.29) is 12.1 Å². The maximum atomic E-state index is 12.5. The van der Waals surface area contributed by atoms with Gasteiger partial charge >= 0.3 is 0 Å². The minimum atomic E-state index is -3.55. The second kappa shape index (κ2) is 6.22. The molecule has 1 aliphatic rings. The summed E-state index contributed by atoms with van der Waals surface area (Å²) in [5, 5.41) is 0. The Balaban J connectivity index is 2.22. The summed E-state index contributed by atoms with van der Waals surface area (Å²) in [6, 6.07) is 4.95. The summed E-state index contributed by atoms with van der Waals surface area (Å²) >= 11 is 0. The van der Waals surface area contributed by atoms with E-state index in [1.807, 2.05) is 13.0 Å². The molecule has 6 heteroatoms. The number of benzene rings is 1. The van der Waals surface area contributed by atoms with Crippen LogP contribution in [0.3, 0.4) is 0 Å². The average molecular weight is 298 g/mol. The largest absolute Gasteiger partial charge is 0.377 e. The molecule has 0 saturated carbocycles. The quantitative estimate of drug-likeness (QED) is 0.858. The first-order valence-corrected chi connectivity index (χ1v) is 8.36. The minimum absolute atomic E-state index is 0.0391. The number of nitrogens with two attached hydrogens (primary N) is 1. The molecule has 1 aromatic carbocycles. The number of hydrogen-bond donors (Lipinski definition) is 2. The molecule has 1 heterocycles. The van der Waals surface area contributed by atoms with Crippen molar-refractivity contribution in [2.75, 3.05) is 6.61 Å². The van der Waals surface area contributed by atoms with Crippen LogP contribution in [-0.4, -0.2) is 27.2 Å². The van der Waals surface area contributed by atoms with Crippen LogP contribution in [0.25, 0.3) is 0 Å².